The molecule has 164 valence electrons. The minimum atomic E-state index is -0.741. The summed E-state index contributed by atoms with van der Waals surface area (Å²) in [6.45, 7) is 2.85. The van der Waals surface area contributed by atoms with Crippen molar-refractivity contribution in [2.45, 2.75) is 103 Å². The molecule has 2 rings (SSSR count). The van der Waals surface area contributed by atoms with Crippen LogP contribution in [0, 0.1) is 0 Å². The monoisotopic (exact) mass is 408 g/mol. The number of carbonyl (C=O) groups is 3. The van der Waals surface area contributed by atoms with Gasteiger partial charge in [0.15, 0.2) is 0 Å². The molecule has 2 aliphatic rings. The Bertz CT molecular complexity index is 590. The summed E-state index contributed by atoms with van der Waals surface area (Å²) in [5.41, 5.74) is 0. The van der Waals surface area contributed by atoms with Gasteiger partial charge in [0.25, 0.3) is 5.91 Å². The van der Waals surface area contributed by atoms with Gasteiger partial charge in [0, 0.05) is 12.6 Å². The maximum absolute atomic E-state index is 12.0. The third-order valence-electron chi connectivity index (χ3n) is 5.62. The molecule has 0 aromatic heterocycles. The Hall–Kier alpha value is -1.89. The lowest BCUT2D eigenvalue weighted by Crippen LogP contribution is -2.32. The highest BCUT2D eigenvalue weighted by atomic mass is 16.6. The van der Waals surface area contributed by atoms with E-state index in [0.29, 0.717) is 18.7 Å². The van der Waals surface area contributed by atoms with Gasteiger partial charge in [-0.15, -0.1) is 0 Å². The van der Waals surface area contributed by atoms with Crippen LogP contribution in [0.2, 0.25) is 0 Å². The van der Waals surface area contributed by atoms with Crippen LogP contribution in [0.1, 0.15) is 90.4 Å². The molecule has 2 saturated heterocycles. The number of hydrogen-bond donors (Lipinski definition) is 2. The number of nitrogens with zero attached hydrogens (tertiary/aromatic N) is 1. The smallest absolute Gasteiger partial charge is 0.412 e. The summed E-state index contributed by atoms with van der Waals surface area (Å²) in [6.07, 6.45) is 12.9. The molecular formula is C22H36N2O5. The van der Waals surface area contributed by atoms with Gasteiger partial charge in [-0.2, -0.15) is 0 Å². The molecule has 2 fully saturated rings. The first kappa shape index (κ1) is 23.4. The highest BCUT2D eigenvalue weighted by molar-refractivity contribution is 6.01. The van der Waals surface area contributed by atoms with E-state index in [1.807, 2.05) is 0 Å². The van der Waals surface area contributed by atoms with Gasteiger partial charge in [-0.1, -0.05) is 64.7 Å². The van der Waals surface area contributed by atoms with E-state index in [1.165, 1.54) is 44.6 Å². The number of unbranched alkanes of at least 4 members (excludes halogenated alkanes) is 8. The second-order valence-corrected chi connectivity index (χ2v) is 8.15. The normalized spacial score (nSPS) is 20.6. The van der Waals surface area contributed by atoms with E-state index in [2.05, 4.69) is 12.2 Å². The fourth-order valence-electron chi connectivity index (χ4n) is 3.99. The summed E-state index contributed by atoms with van der Waals surface area (Å²) in [4.78, 5) is 37.2. The Morgan fingerprint density at radius 2 is 1.83 bits per heavy atom. The minimum absolute atomic E-state index is 0.0960. The van der Waals surface area contributed by atoms with E-state index >= 15 is 0 Å². The average molecular weight is 409 g/mol. The Morgan fingerprint density at radius 1 is 1.17 bits per heavy atom. The van der Waals surface area contributed by atoms with Gasteiger partial charge < -0.3 is 9.84 Å². The predicted octanol–water partition coefficient (Wildman–Crippen LogP) is 3.80. The molecule has 2 N–H and O–H groups in total. The summed E-state index contributed by atoms with van der Waals surface area (Å²) in [6, 6.07) is -0.194. The molecule has 2 atom stereocenters. The molecule has 0 radical (unpaired) electrons. The van der Waals surface area contributed by atoms with Gasteiger partial charge in [-0.3, -0.25) is 19.8 Å². The molecule has 0 aliphatic carbocycles. The second-order valence-electron chi connectivity index (χ2n) is 8.15. The first-order valence-corrected chi connectivity index (χ1v) is 11.2. The quantitative estimate of drug-likeness (QED) is 0.357. The standard InChI is InChI=1S/C22H36N2O5/c1-2-3-4-5-6-7-8-9-10-12-17(25)15-20(26)23-21(27)16-19-18-13-11-14-24(18)22(28)29-19/h16-18,25H,2-15H2,1H3,(H,23,26,27)/b19-16-/t17-,18-/m1/s1. The Kier molecular flexibility index (Phi) is 10.2. The van der Waals surface area contributed by atoms with Crippen molar-refractivity contribution in [3.63, 3.8) is 0 Å². The van der Waals surface area contributed by atoms with Crippen LogP contribution in [0.3, 0.4) is 0 Å². The molecule has 7 heteroatoms. The molecule has 2 heterocycles. The number of aliphatic hydroxyl groups excluding tert-OH is 1. The molecular weight excluding hydrogens is 372 g/mol. The van der Waals surface area contributed by atoms with Gasteiger partial charge in [-0.05, 0) is 19.3 Å². The highest BCUT2D eigenvalue weighted by Crippen LogP contribution is 2.31. The van der Waals surface area contributed by atoms with Crippen LogP contribution in [-0.4, -0.2) is 46.6 Å². The number of amides is 3. The van der Waals surface area contributed by atoms with E-state index in [1.54, 1.807) is 4.90 Å². The van der Waals surface area contributed by atoms with Crippen LogP contribution in [0.15, 0.2) is 11.8 Å². The third-order valence-corrected chi connectivity index (χ3v) is 5.62. The lowest BCUT2D eigenvalue weighted by atomic mass is 10.0. The van der Waals surface area contributed by atoms with Crippen LogP contribution in [-0.2, 0) is 14.3 Å². The van der Waals surface area contributed by atoms with Crippen LogP contribution < -0.4 is 5.32 Å². The van der Waals surface area contributed by atoms with Crippen molar-refractivity contribution in [3.8, 4) is 0 Å². The van der Waals surface area contributed by atoms with Gasteiger partial charge in [-0.25, -0.2) is 4.79 Å². The molecule has 0 aromatic carbocycles. The van der Waals surface area contributed by atoms with Gasteiger partial charge in [0.05, 0.1) is 18.6 Å². The fourth-order valence-corrected chi connectivity index (χ4v) is 3.99. The Labute approximate surface area is 173 Å². The molecule has 3 amide bonds. The summed E-state index contributed by atoms with van der Waals surface area (Å²) >= 11 is 0. The zero-order valence-corrected chi connectivity index (χ0v) is 17.7. The average Bonchev–Trinajstić information content (AvgIpc) is 3.25. The molecule has 2 aliphatic heterocycles. The first-order chi connectivity index (χ1) is 14.0. The lowest BCUT2D eigenvalue weighted by molar-refractivity contribution is -0.129. The molecule has 0 saturated carbocycles. The minimum Gasteiger partial charge on any atom is -0.412 e. The predicted molar refractivity (Wildman–Crippen MR) is 110 cm³/mol. The lowest BCUT2D eigenvalue weighted by Gasteiger charge is -2.10. The number of nitrogens with one attached hydrogen (secondary N) is 1. The van der Waals surface area contributed by atoms with Crippen LogP contribution in [0.4, 0.5) is 4.79 Å². The molecule has 0 unspecified atom stereocenters. The number of aliphatic hydroxyl groups is 1. The van der Waals surface area contributed by atoms with E-state index in [-0.39, 0.29) is 12.5 Å². The number of fused-ring (bicyclic) bond motifs is 1. The van der Waals surface area contributed by atoms with Gasteiger partial charge in [0.1, 0.15) is 5.76 Å². The van der Waals surface area contributed by atoms with Crippen LogP contribution in [0.5, 0.6) is 0 Å². The number of carbonyl (C=O) groups excluding carboxylic acids is 3. The third kappa shape index (κ3) is 8.17. The van der Waals surface area contributed by atoms with Crippen LogP contribution >= 0.6 is 0 Å². The number of hydrogen-bond acceptors (Lipinski definition) is 5. The van der Waals surface area contributed by atoms with Crippen molar-refractivity contribution in [3.05, 3.63) is 11.8 Å². The summed E-state index contributed by atoms with van der Waals surface area (Å²) in [5.74, 6) is -0.822. The van der Waals surface area contributed by atoms with E-state index in [9.17, 15) is 19.5 Å². The van der Waals surface area contributed by atoms with E-state index in [4.69, 9.17) is 4.74 Å². The summed E-state index contributed by atoms with van der Waals surface area (Å²) in [5, 5.41) is 12.3. The van der Waals surface area contributed by atoms with E-state index in [0.717, 1.165) is 32.1 Å². The zero-order chi connectivity index (χ0) is 21.1. The second kappa shape index (κ2) is 12.6. The van der Waals surface area contributed by atoms with Crippen LogP contribution in [0.25, 0.3) is 0 Å². The fraction of sp³-hybridized carbons (Fsp3) is 0.773. The molecule has 0 aromatic rings. The SMILES string of the molecule is CCCCCCCCCCC[C@@H](O)CC(=O)NC(=O)/C=C1\OC(=O)N2CCC[C@H]12. The topological polar surface area (TPSA) is 95.9 Å². The van der Waals surface area contributed by atoms with Crippen molar-refractivity contribution in [1.82, 2.24) is 10.2 Å². The number of rotatable bonds is 13. The van der Waals surface area contributed by atoms with Gasteiger partial charge >= 0.3 is 6.09 Å². The Morgan fingerprint density at radius 3 is 2.52 bits per heavy atom. The van der Waals surface area contributed by atoms with Crippen molar-refractivity contribution < 1.29 is 24.2 Å². The summed E-state index contributed by atoms with van der Waals surface area (Å²) < 4.78 is 5.10. The van der Waals surface area contributed by atoms with Crippen molar-refractivity contribution in [1.29, 1.82) is 0 Å². The number of ether oxygens (including phenoxy) is 1. The van der Waals surface area contributed by atoms with Gasteiger partial charge in [0.2, 0.25) is 5.91 Å². The Balaban J connectivity index is 1.56. The number of cyclic esters (lactones) is 1. The van der Waals surface area contributed by atoms with Crippen molar-refractivity contribution >= 4 is 17.9 Å². The largest absolute Gasteiger partial charge is 0.415 e. The molecule has 7 nitrogen and oxygen atoms in total. The molecule has 0 spiro atoms. The zero-order valence-electron chi connectivity index (χ0n) is 17.7. The maximum Gasteiger partial charge on any atom is 0.415 e. The van der Waals surface area contributed by atoms with Crippen molar-refractivity contribution in [2.24, 2.45) is 0 Å². The molecule has 29 heavy (non-hydrogen) atoms. The molecule has 0 bridgehead atoms. The first-order valence-electron chi connectivity index (χ1n) is 11.2. The maximum atomic E-state index is 12.0. The number of imide groups is 1. The summed E-state index contributed by atoms with van der Waals surface area (Å²) in [7, 11) is 0. The van der Waals surface area contributed by atoms with E-state index < -0.39 is 24.0 Å². The van der Waals surface area contributed by atoms with Crippen molar-refractivity contribution in [2.75, 3.05) is 6.54 Å². The highest BCUT2D eigenvalue weighted by Gasteiger charge is 2.41.